The van der Waals surface area contributed by atoms with E-state index >= 15 is 0 Å². The molecule has 0 aromatic rings. The number of hydrogen-bond donors (Lipinski definition) is 1. The van der Waals surface area contributed by atoms with Gasteiger partial charge in [0.1, 0.15) is 5.22 Å². The third-order valence-corrected chi connectivity index (χ3v) is 7.14. The summed E-state index contributed by atoms with van der Waals surface area (Å²) in [7, 11) is 3.21. The Hall–Kier alpha value is 0.447. The first-order valence-electron chi connectivity index (χ1n) is 4.46. The second kappa shape index (κ2) is 4.31. The lowest BCUT2D eigenvalue weighted by Gasteiger charge is -2.19. The molecule has 0 radical (unpaired) electrons. The van der Waals surface area contributed by atoms with Crippen molar-refractivity contribution < 1.29 is 13.6 Å². The maximum absolute atomic E-state index is 5.53. The largest absolute Gasteiger partial charge is 0.396 e. The van der Waals surface area contributed by atoms with Gasteiger partial charge in [-0.3, -0.25) is 0 Å². The molecular weight excluding hydrogens is 204 g/mol. The molecule has 1 heterocycles. The average molecular weight is 222 g/mol. The van der Waals surface area contributed by atoms with Crippen molar-refractivity contribution in [2.75, 3.05) is 27.1 Å². The first-order valence-corrected chi connectivity index (χ1v) is 7.12. The van der Waals surface area contributed by atoms with Gasteiger partial charge >= 0.3 is 8.56 Å². The maximum atomic E-state index is 5.53. The second-order valence-corrected chi connectivity index (χ2v) is 7.40. The van der Waals surface area contributed by atoms with Crippen molar-refractivity contribution in [3.63, 3.8) is 0 Å². The van der Waals surface area contributed by atoms with Gasteiger partial charge in [0.25, 0.3) is 0 Å². The molecule has 78 valence electrons. The van der Waals surface area contributed by atoms with Crippen LogP contribution in [0.4, 0.5) is 0 Å². The van der Waals surface area contributed by atoms with Gasteiger partial charge in [0.2, 0.25) is 0 Å². The van der Waals surface area contributed by atoms with Gasteiger partial charge in [0.05, 0.1) is 0 Å². The van der Waals surface area contributed by atoms with E-state index in [4.69, 9.17) is 13.6 Å². The summed E-state index contributed by atoms with van der Waals surface area (Å²) < 4.78 is 16.5. The summed E-state index contributed by atoms with van der Waals surface area (Å²) in [6, 6.07) is 0.956. The molecule has 0 aliphatic carbocycles. The molecule has 1 fully saturated rings. The van der Waals surface area contributed by atoms with E-state index in [2.05, 4.69) is 12.6 Å². The summed E-state index contributed by atoms with van der Waals surface area (Å²) in [4.78, 5) is 0. The summed E-state index contributed by atoms with van der Waals surface area (Å²) in [6.45, 7) is 0. The highest BCUT2D eigenvalue weighted by Crippen LogP contribution is 2.53. The summed E-state index contributed by atoms with van der Waals surface area (Å²) in [5.74, 6) is 0.892. The predicted molar refractivity (Wildman–Crippen MR) is 57.4 cm³/mol. The molecule has 0 amide bonds. The molecule has 0 saturated carbocycles. The van der Waals surface area contributed by atoms with Gasteiger partial charge in [-0.25, -0.2) is 0 Å². The van der Waals surface area contributed by atoms with Crippen molar-refractivity contribution in [2.45, 2.75) is 24.1 Å². The molecule has 5 heteroatoms. The fourth-order valence-corrected chi connectivity index (χ4v) is 5.55. The van der Waals surface area contributed by atoms with Crippen LogP contribution in [0.2, 0.25) is 6.04 Å². The predicted octanol–water partition coefficient (Wildman–Crippen LogP) is 1.37. The van der Waals surface area contributed by atoms with Crippen molar-refractivity contribution in [1.29, 1.82) is 0 Å². The van der Waals surface area contributed by atoms with E-state index in [-0.39, 0.29) is 5.22 Å². The Balaban J connectivity index is 2.55. The van der Waals surface area contributed by atoms with Gasteiger partial charge in [-0.05, 0) is 18.6 Å². The monoisotopic (exact) mass is 222 g/mol. The van der Waals surface area contributed by atoms with Crippen LogP contribution in [0.1, 0.15) is 12.8 Å². The van der Waals surface area contributed by atoms with Gasteiger partial charge in [0, 0.05) is 27.4 Å². The molecule has 0 aromatic carbocycles. The minimum absolute atomic E-state index is 0.0980. The Labute approximate surface area is 86.4 Å². The fraction of sp³-hybridized carbons (Fsp3) is 1.00. The lowest BCUT2D eigenvalue weighted by atomic mass is 10.2. The van der Waals surface area contributed by atoms with Crippen LogP contribution in [0.3, 0.4) is 0 Å². The van der Waals surface area contributed by atoms with Crippen molar-refractivity contribution in [3.8, 4) is 0 Å². The van der Waals surface area contributed by atoms with E-state index in [0.717, 1.165) is 24.6 Å². The van der Waals surface area contributed by atoms with Gasteiger partial charge < -0.3 is 13.6 Å². The van der Waals surface area contributed by atoms with Gasteiger partial charge in [-0.15, -0.1) is 0 Å². The number of methoxy groups -OCH3 is 1. The minimum atomic E-state index is -1.97. The quantitative estimate of drug-likeness (QED) is 0.543. The molecule has 1 unspecified atom stereocenters. The van der Waals surface area contributed by atoms with Crippen molar-refractivity contribution >= 4 is 21.2 Å². The second-order valence-electron chi connectivity index (χ2n) is 3.36. The molecule has 1 aliphatic heterocycles. The number of thiol groups is 1. The van der Waals surface area contributed by atoms with Crippen molar-refractivity contribution in [3.05, 3.63) is 0 Å². The van der Waals surface area contributed by atoms with Gasteiger partial charge in [0.15, 0.2) is 0 Å². The van der Waals surface area contributed by atoms with E-state index in [1.807, 2.05) is 0 Å². The zero-order chi connectivity index (χ0) is 9.95. The highest BCUT2D eigenvalue weighted by molar-refractivity contribution is 7.80. The van der Waals surface area contributed by atoms with Gasteiger partial charge in [-0.1, -0.05) is 0 Å². The number of rotatable bonds is 6. The summed E-state index contributed by atoms with van der Waals surface area (Å²) in [5.41, 5.74) is 0. The lowest BCUT2D eigenvalue weighted by molar-refractivity contribution is 0.0777. The Morgan fingerprint density at radius 1 is 1.31 bits per heavy atom. The molecule has 13 heavy (non-hydrogen) atoms. The Morgan fingerprint density at radius 3 is 2.23 bits per heavy atom. The highest BCUT2D eigenvalue weighted by Gasteiger charge is 2.74. The summed E-state index contributed by atoms with van der Waals surface area (Å²) in [6.07, 6.45) is 2.05. The third-order valence-electron chi connectivity index (χ3n) is 2.88. The molecule has 1 atom stereocenters. The summed E-state index contributed by atoms with van der Waals surface area (Å²) >= 11 is 4.19. The highest BCUT2D eigenvalue weighted by atomic mass is 32.1. The molecule has 3 nitrogen and oxygen atoms in total. The van der Waals surface area contributed by atoms with E-state index < -0.39 is 8.56 Å². The third kappa shape index (κ3) is 1.80. The lowest BCUT2D eigenvalue weighted by Crippen LogP contribution is -2.37. The van der Waals surface area contributed by atoms with Crippen LogP contribution in [0.25, 0.3) is 0 Å². The van der Waals surface area contributed by atoms with Gasteiger partial charge in [-0.2, -0.15) is 12.6 Å². The average Bonchev–Trinajstić information content (AvgIpc) is 2.85. The van der Waals surface area contributed by atoms with Crippen LogP contribution in [0.15, 0.2) is 0 Å². The van der Waals surface area contributed by atoms with E-state index in [1.54, 1.807) is 21.3 Å². The van der Waals surface area contributed by atoms with E-state index in [0.29, 0.717) is 0 Å². The molecule has 0 bridgehead atoms. The van der Waals surface area contributed by atoms with Crippen LogP contribution in [0, 0.1) is 0 Å². The zero-order valence-corrected chi connectivity index (χ0v) is 10.4. The summed E-state index contributed by atoms with van der Waals surface area (Å²) in [5, 5.41) is -0.0980. The molecule has 0 spiro atoms. The SMILES string of the molecule is COC1(CCCS)C[Si]1(OC)OC. The van der Waals surface area contributed by atoms with E-state index in [9.17, 15) is 0 Å². The van der Waals surface area contributed by atoms with Crippen LogP contribution < -0.4 is 0 Å². The molecule has 1 aliphatic rings. The van der Waals surface area contributed by atoms with Crippen molar-refractivity contribution in [2.24, 2.45) is 0 Å². The first-order chi connectivity index (χ1) is 6.20. The van der Waals surface area contributed by atoms with E-state index in [1.165, 1.54) is 0 Å². The van der Waals surface area contributed by atoms with Crippen LogP contribution in [-0.4, -0.2) is 40.9 Å². The van der Waals surface area contributed by atoms with Crippen LogP contribution >= 0.6 is 12.6 Å². The normalized spacial score (nSPS) is 30.5. The topological polar surface area (TPSA) is 27.7 Å². The van der Waals surface area contributed by atoms with Crippen molar-refractivity contribution in [1.82, 2.24) is 0 Å². The Morgan fingerprint density at radius 2 is 1.92 bits per heavy atom. The molecule has 0 N–H and O–H groups in total. The molecular formula is C8H18O3SSi. The Kier molecular flexibility index (Phi) is 3.82. The molecule has 0 aromatic heterocycles. The minimum Gasteiger partial charge on any atom is -0.396 e. The van der Waals surface area contributed by atoms with Crippen LogP contribution in [0.5, 0.6) is 0 Å². The first kappa shape index (κ1) is 11.5. The Bertz CT molecular complexity index is 175. The number of hydrogen-bond acceptors (Lipinski definition) is 4. The fourth-order valence-electron chi connectivity index (χ4n) is 1.90. The number of ether oxygens (including phenoxy) is 1. The van der Waals surface area contributed by atoms with Crippen LogP contribution in [-0.2, 0) is 13.6 Å². The smallest absolute Gasteiger partial charge is 0.373 e. The molecule has 1 rings (SSSR count). The maximum Gasteiger partial charge on any atom is 0.373 e. The standard InChI is InChI=1S/C8H18O3SSi/c1-9-8(5-4-6-12)7-13(8,10-2)11-3/h12H,4-7H2,1-3H3. The zero-order valence-electron chi connectivity index (χ0n) is 8.50. The molecule has 1 saturated heterocycles.